The van der Waals surface area contributed by atoms with Gasteiger partial charge in [-0.1, -0.05) is 6.92 Å². The number of amides is 3. The van der Waals surface area contributed by atoms with Crippen molar-refractivity contribution in [3.63, 3.8) is 0 Å². The fourth-order valence-electron chi connectivity index (χ4n) is 2.77. The second kappa shape index (κ2) is 6.04. The third kappa shape index (κ3) is 2.70. The topological polar surface area (TPSA) is 82.6 Å². The zero-order chi connectivity index (χ0) is 15.7. The van der Waals surface area contributed by atoms with Crippen LogP contribution in [-0.2, 0) is 16.0 Å². The second-order valence-corrected chi connectivity index (χ2v) is 6.39. The van der Waals surface area contributed by atoms with Crippen LogP contribution in [0, 0.1) is 0 Å². The van der Waals surface area contributed by atoms with E-state index < -0.39 is 6.04 Å². The minimum Gasteiger partial charge on any atom is -0.345 e. The molecule has 2 saturated heterocycles. The number of carbonyl (C=O) groups excluding carboxylic acids is 3. The summed E-state index contributed by atoms with van der Waals surface area (Å²) >= 11 is 1.49. The number of thiazole rings is 1. The maximum Gasteiger partial charge on any atom is 0.273 e. The maximum atomic E-state index is 12.5. The van der Waals surface area contributed by atoms with Crippen molar-refractivity contribution < 1.29 is 14.4 Å². The van der Waals surface area contributed by atoms with Gasteiger partial charge in [0.1, 0.15) is 11.7 Å². The van der Waals surface area contributed by atoms with Gasteiger partial charge in [-0.3, -0.25) is 14.4 Å². The van der Waals surface area contributed by atoms with E-state index in [-0.39, 0.29) is 30.8 Å². The first-order valence-corrected chi connectivity index (χ1v) is 8.29. The van der Waals surface area contributed by atoms with Crippen molar-refractivity contribution in [3.8, 4) is 0 Å². The molecule has 0 saturated carbocycles. The minimum absolute atomic E-state index is 0.0513. The number of carbonyl (C=O) groups is 3. The van der Waals surface area contributed by atoms with E-state index in [0.29, 0.717) is 18.8 Å². The Morgan fingerprint density at radius 1 is 1.45 bits per heavy atom. The molecule has 0 aromatic carbocycles. The molecule has 0 radical (unpaired) electrons. The summed E-state index contributed by atoms with van der Waals surface area (Å²) in [5, 5.41) is 5.29. The summed E-state index contributed by atoms with van der Waals surface area (Å²) < 4.78 is 0. The third-order valence-corrected chi connectivity index (χ3v) is 4.85. The van der Waals surface area contributed by atoms with E-state index in [9.17, 15) is 14.4 Å². The molecule has 1 atom stereocenters. The van der Waals surface area contributed by atoms with E-state index in [1.165, 1.54) is 11.3 Å². The molecule has 7 nitrogen and oxygen atoms in total. The Labute approximate surface area is 132 Å². The van der Waals surface area contributed by atoms with Crippen molar-refractivity contribution in [2.24, 2.45) is 0 Å². The molecule has 0 bridgehead atoms. The molecule has 22 heavy (non-hydrogen) atoms. The molecule has 2 fully saturated rings. The van der Waals surface area contributed by atoms with Crippen LogP contribution < -0.4 is 5.32 Å². The van der Waals surface area contributed by atoms with E-state index in [0.717, 1.165) is 17.8 Å². The molecule has 0 spiro atoms. The Bertz CT molecular complexity index is 615. The zero-order valence-corrected chi connectivity index (χ0v) is 13.2. The summed E-state index contributed by atoms with van der Waals surface area (Å²) in [5.41, 5.74) is 0.435. The molecule has 2 aliphatic rings. The first kappa shape index (κ1) is 15.0. The summed E-state index contributed by atoms with van der Waals surface area (Å²) in [6.07, 6.45) is 1.86. The van der Waals surface area contributed by atoms with Crippen LogP contribution in [-0.4, -0.2) is 64.7 Å². The monoisotopic (exact) mass is 322 g/mol. The van der Waals surface area contributed by atoms with Crippen molar-refractivity contribution >= 4 is 29.1 Å². The van der Waals surface area contributed by atoms with E-state index in [2.05, 4.69) is 17.2 Å². The lowest BCUT2D eigenvalue weighted by Gasteiger charge is -2.42. The second-order valence-electron chi connectivity index (χ2n) is 5.45. The van der Waals surface area contributed by atoms with Gasteiger partial charge in [0.15, 0.2) is 0 Å². The Hall–Kier alpha value is -1.96. The van der Waals surface area contributed by atoms with Gasteiger partial charge in [0.05, 0.1) is 18.1 Å². The van der Waals surface area contributed by atoms with Gasteiger partial charge in [0.25, 0.3) is 5.91 Å². The normalized spacial score (nSPS) is 21.6. The predicted octanol–water partition coefficient (Wildman–Crippen LogP) is -0.122. The lowest BCUT2D eigenvalue weighted by molar-refractivity contribution is -0.148. The molecule has 8 heteroatoms. The van der Waals surface area contributed by atoms with Crippen molar-refractivity contribution in [2.45, 2.75) is 25.8 Å². The molecule has 1 N–H and O–H groups in total. The molecule has 1 aromatic rings. The molecule has 3 rings (SSSR count). The largest absolute Gasteiger partial charge is 0.345 e. The summed E-state index contributed by atoms with van der Waals surface area (Å²) in [4.78, 5) is 43.8. The molecule has 3 amide bonds. The van der Waals surface area contributed by atoms with Crippen molar-refractivity contribution in [2.75, 3.05) is 26.2 Å². The molecule has 0 aliphatic carbocycles. The van der Waals surface area contributed by atoms with E-state index in [4.69, 9.17) is 0 Å². The van der Waals surface area contributed by atoms with Crippen LogP contribution >= 0.6 is 11.3 Å². The molecular formula is C14H18N4O3S. The predicted molar refractivity (Wildman–Crippen MR) is 80.5 cm³/mol. The molecule has 3 heterocycles. The van der Waals surface area contributed by atoms with Gasteiger partial charge >= 0.3 is 0 Å². The van der Waals surface area contributed by atoms with Crippen molar-refractivity contribution in [1.82, 2.24) is 20.1 Å². The molecular weight excluding hydrogens is 304 g/mol. The number of fused-ring (bicyclic) bond motifs is 1. The van der Waals surface area contributed by atoms with Gasteiger partial charge in [-0.05, 0) is 12.8 Å². The van der Waals surface area contributed by atoms with Gasteiger partial charge in [-0.25, -0.2) is 4.98 Å². The van der Waals surface area contributed by atoms with Gasteiger partial charge in [-0.15, -0.1) is 11.3 Å². The van der Waals surface area contributed by atoms with Crippen molar-refractivity contribution in [1.29, 1.82) is 0 Å². The van der Waals surface area contributed by atoms with Crippen LogP contribution in [0.4, 0.5) is 0 Å². The lowest BCUT2D eigenvalue weighted by Crippen LogP contribution is -2.66. The Balaban J connectivity index is 1.71. The van der Waals surface area contributed by atoms with Gasteiger partial charge in [-0.2, -0.15) is 0 Å². The van der Waals surface area contributed by atoms with Gasteiger partial charge < -0.3 is 15.1 Å². The average Bonchev–Trinajstić information content (AvgIpc) is 2.99. The summed E-state index contributed by atoms with van der Waals surface area (Å²) in [7, 11) is 0. The summed E-state index contributed by atoms with van der Waals surface area (Å²) in [6.45, 7) is 3.19. The standard InChI is InChI=1S/C14H18N4O3S/c1-2-3-11-16-9(8-22-11)14(21)17-4-5-18-10(7-17)13(20)15-6-12(18)19/h8,10H,2-7H2,1H3,(H,15,20). The number of piperazine rings is 2. The van der Waals surface area contributed by atoms with Crippen LogP contribution in [0.5, 0.6) is 0 Å². The highest BCUT2D eigenvalue weighted by Gasteiger charge is 2.40. The summed E-state index contributed by atoms with van der Waals surface area (Å²) in [6, 6.07) is -0.576. The van der Waals surface area contributed by atoms with Crippen LogP contribution in [0.2, 0.25) is 0 Å². The summed E-state index contributed by atoms with van der Waals surface area (Å²) in [5.74, 6) is -0.443. The molecule has 1 unspecified atom stereocenters. The maximum absolute atomic E-state index is 12.5. The lowest BCUT2D eigenvalue weighted by atomic mass is 10.1. The Morgan fingerprint density at radius 3 is 3.05 bits per heavy atom. The van der Waals surface area contributed by atoms with Gasteiger partial charge in [0.2, 0.25) is 11.8 Å². The number of hydrogen-bond acceptors (Lipinski definition) is 5. The number of aromatic nitrogens is 1. The fraction of sp³-hybridized carbons (Fsp3) is 0.571. The zero-order valence-electron chi connectivity index (χ0n) is 12.4. The van der Waals surface area contributed by atoms with Crippen LogP contribution in [0.25, 0.3) is 0 Å². The number of aryl methyl sites for hydroxylation is 1. The van der Waals surface area contributed by atoms with E-state index in [1.807, 2.05) is 0 Å². The van der Waals surface area contributed by atoms with E-state index in [1.54, 1.807) is 15.2 Å². The number of rotatable bonds is 3. The molecule has 2 aliphatic heterocycles. The number of nitrogens with zero attached hydrogens (tertiary/aromatic N) is 3. The molecule has 1 aromatic heterocycles. The van der Waals surface area contributed by atoms with Crippen LogP contribution in [0.15, 0.2) is 5.38 Å². The minimum atomic E-state index is -0.576. The Morgan fingerprint density at radius 2 is 2.27 bits per heavy atom. The first-order chi connectivity index (χ1) is 10.6. The SMILES string of the molecule is CCCc1nc(C(=O)N2CCN3C(=O)CNC(=O)C3C2)cs1. The van der Waals surface area contributed by atoms with Crippen molar-refractivity contribution in [3.05, 3.63) is 16.1 Å². The number of hydrogen-bond donors (Lipinski definition) is 1. The van der Waals surface area contributed by atoms with Gasteiger partial charge in [0, 0.05) is 18.5 Å². The average molecular weight is 322 g/mol. The van der Waals surface area contributed by atoms with Crippen LogP contribution in [0.3, 0.4) is 0 Å². The third-order valence-electron chi connectivity index (χ3n) is 3.94. The van der Waals surface area contributed by atoms with Crippen LogP contribution in [0.1, 0.15) is 28.8 Å². The quantitative estimate of drug-likeness (QED) is 0.841. The fourth-order valence-corrected chi connectivity index (χ4v) is 3.65. The van der Waals surface area contributed by atoms with E-state index >= 15 is 0 Å². The Kier molecular flexibility index (Phi) is 4.10. The highest BCUT2D eigenvalue weighted by Crippen LogP contribution is 2.18. The highest BCUT2D eigenvalue weighted by atomic mass is 32.1. The smallest absolute Gasteiger partial charge is 0.273 e. The molecule has 118 valence electrons. The number of nitrogens with one attached hydrogen (secondary N) is 1. The highest BCUT2D eigenvalue weighted by molar-refractivity contribution is 7.09. The first-order valence-electron chi connectivity index (χ1n) is 7.41.